The SMILES string of the molecule is CCC(C)(CC)C(=O)/C=C(\O)C(C)(CC)CC.Cc1[c-]c(-c2nc(C)nc3c2ccc2ccc(C)cc23)cc(C(C)(C)C)c1.[Ir]. The molecule has 4 nitrogen and oxygen atoms in total. The Morgan fingerprint density at radius 1 is 0.800 bits per heavy atom. The number of aromatic nitrogens is 2. The average molecular weight is 786 g/mol. The molecule has 0 atom stereocenters. The fourth-order valence-electron chi connectivity index (χ4n) is 5.30. The molecule has 0 aliphatic heterocycles. The predicted molar refractivity (Wildman–Crippen MR) is 187 cm³/mol. The van der Waals surface area contributed by atoms with E-state index in [1.165, 1.54) is 28.0 Å². The second-order valence-electron chi connectivity index (χ2n) is 14.0. The van der Waals surface area contributed by atoms with Crippen molar-refractivity contribution in [1.82, 2.24) is 9.97 Å². The van der Waals surface area contributed by atoms with Crippen molar-refractivity contribution in [1.29, 1.82) is 0 Å². The molecule has 0 amide bonds. The molecule has 5 heteroatoms. The molecule has 0 bridgehead atoms. The van der Waals surface area contributed by atoms with Crippen molar-refractivity contribution >= 4 is 27.5 Å². The number of allylic oxidation sites excluding steroid dienone is 2. The molecule has 1 aromatic heterocycles. The Hall–Kier alpha value is -2.88. The van der Waals surface area contributed by atoms with Crippen LogP contribution < -0.4 is 0 Å². The molecule has 0 saturated carbocycles. The van der Waals surface area contributed by atoms with E-state index in [2.05, 4.69) is 83.1 Å². The number of rotatable bonds is 8. The van der Waals surface area contributed by atoms with Crippen LogP contribution in [0.4, 0.5) is 0 Å². The molecule has 1 radical (unpaired) electrons. The third-order valence-corrected chi connectivity index (χ3v) is 9.68. The van der Waals surface area contributed by atoms with Gasteiger partial charge >= 0.3 is 0 Å². The summed E-state index contributed by atoms with van der Waals surface area (Å²) in [6.45, 7) is 25.0. The molecule has 3 aromatic carbocycles. The van der Waals surface area contributed by atoms with E-state index in [0.29, 0.717) is 0 Å². The third kappa shape index (κ3) is 8.69. The molecule has 1 N–H and O–H groups in total. The Bertz CT molecular complexity index is 1670. The van der Waals surface area contributed by atoms with Crippen LogP contribution >= 0.6 is 0 Å². The normalized spacial score (nSPS) is 12.5. The van der Waals surface area contributed by atoms with Crippen LogP contribution in [0.3, 0.4) is 0 Å². The van der Waals surface area contributed by atoms with Gasteiger partial charge in [0.2, 0.25) is 0 Å². The summed E-state index contributed by atoms with van der Waals surface area (Å²) in [5, 5.41) is 13.6. The molecule has 0 aliphatic carbocycles. The van der Waals surface area contributed by atoms with E-state index >= 15 is 0 Å². The van der Waals surface area contributed by atoms with Crippen molar-refractivity contribution in [2.45, 2.75) is 114 Å². The molecule has 0 saturated heterocycles. The number of fused-ring (bicyclic) bond motifs is 3. The van der Waals surface area contributed by atoms with Crippen molar-refractivity contribution in [2.24, 2.45) is 10.8 Å². The van der Waals surface area contributed by atoms with Gasteiger partial charge in [0.25, 0.3) is 0 Å². The van der Waals surface area contributed by atoms with Crippen molar-refractivity contribution in [2.75, 3.05) is 0 Å². The van der Waals surface area contributed by atoms with E-state index in [4.69, 9.17) is 9.97 Å². The number of aliphatic hydroxyl groups excluding tert-OH is 1. The summed E-state index contributed by atoms with van der Waals surface area (Å²) in [5.41, 5.74) is 6.19. The molecule has 0 spiro atoms. The number of aryl methyl sites for hydroxylation is 3. The first kappa shape index (κ1) is 38.3. The van der Waals surface area contributed by atoms with Gasteiger partial charge in [-0.05, 0) is 67.5 Å². The number of carbonyl (C=O) groups excluding carboxylic acids is 1. The number of hydrogen-bond acceptors (Lipinski definition) is 4. The van der Waals surface area contributed by atoms with E-state index in [-0.39, 0.29) is 47.9 Å². The molecule has 4 aromatic rings. The van der Waals surface area contributed by atoms with Gasteiger partial charge < -0.3 is 5.11 Å². The number of aliphatic hydroxyl groups is 1. The Morgan fingerprint density at radius 3 is 1.93 bits per heavy atom. The smallest absolute Gasteiger partial charge is 0.164 e. The number of carbonyl (C=O) groups is 1. The van der Waals surface area contributed by atoms with E-state index in [9.17, 15) is 9.90 Å². The Balaban J connectivity index is 0.000000343. The van der Waals surface area contributed by atoms with Gasteiger partial charge in [0, 0.05) is 42.4 Å². The minimum absolute atomic E-state index is 0. The van der Waals surface area contributed by atoms with Crippen LogP contribution in [0.1, 0.15) is 111 Å². The quantitative estimate of drug-likeness (QED) is 0.0836. The van der Waals surface area contributed by atoms with Crippen LogP contribution in [0, 0.1) is 37.7 Å². The largest absolute Gasteiger partial charge is 0.512 e. The van der Waals surface area contributed by atoms with E-state index < -0.39 is 0 Å². The van der Waals surface area contributed by atoms with Crippen LogP contribution in [0.25, 0.3) is 32.9 Å². The van der Waals surface area contributed by atoms with Gasteiger partial charge in [0.05, 0.1) is 5.52 Å². The monoisotopic (exact) mass is 786 g/mol. The van der Waals surface area contributed by atoms with Gasteiger partial charge in [-0.2, -0.15) is 0 Å². The van der Waals surface area contributed by atoms with Crippen molar-refractivity contribution < 1.29 is 30.0 Å². The molecule has 0 fully saturated rings. The van der Waals surface area contributed by atoms with Gasteiger partial charge in [-0.15, -0.1) is 34.9 Å². The van der Waals surface area contributed by atoms with Crippen LogP contribution in [-0.2, 0) is 30.3 Å². The summed E-state index contributed by atoms with van der Waals surface area (Å²) in [6.07, 6.45) is 4.75. The molecule has 1 heterocycles. The Labute approximate surface area is 285 Å². The van der Waals surface area contributed by atoms with Crippen LogP contribution in [0.15, 0.2) is 54.3 Å². The first-order chi connectivity index (χ1) is 20.5. The van der Waals surface area contributed by atoms with Crippen molar-refractivity contribution in [3.8, 4) is 11.3 Å². The maximum atomic E-state index is 12.2. The Kier molecular flexibility index (Phi) is 12.9. The standard InChI is InChI=1S/C25H25N2.C15H28O2.Ir/c1-15-7-8-18-9-10-21-23(26-17(3)27-24(21)22(18)13-15)19-11-16(2)12-20(14-19)25(4,5)6;1-7-14(5,8-2)12(16)11-13(17)15(6,9-3)10-4;/h7-10,12-14H,1-6H3;11,16H,7-10H2,1-6H3;/q-1;;/b;12-11-;. The van der Waals surface area contributed by atoms with Gasteiger partial charge in [0.1, 0.15) is 11.6 Å². The second-order valence-corrected chi connectivity index (χ2v) is 14.0. The zero-order chi connectivity index (χ0) is 33.0. The summed E-state index contributed by atoms with van der Waals surface area (Å²) in [7, 11) is 0. The molecular weight excluding hydrogens is 733 g/mol. The zero-order valence-electron chi connectivity index (χ0n) is 29.5. The summed E-state index contributed by atoms with van der Waals surface area (Å²) >= 11 is 0. The number of nitrogens with zero attached hydrogens (tertiary/aromatic N) is 2. The van der Waals surface area contributed by atoms with Gasteiger partial charge in [-0.1, -0.05) is 99.1 Å². The maximum Gasteiger partial charge on any atom is 0.164 e. The topological polar surface area (TPSA) is 63.1 Å². The van der Waals surface area contributed by atoms with E-state index in [1.54, 1.807) is 0 Å². The zero-order valence-corrected chi connectivity index (χ0v) is 31.9. The summed E-state index contributed by atoms with van der Waals surface area (Å²) < 4.78 is 0. The second kappa shape index (κ2) is 15.1. The molecule has 0 aliphatic rings. The molecule has 45 heavy (non-hydrogen) atoms. The minimum atomic E-state index is -0.337. The van der Waals surface area contributed by atoms with Crippen LogP contribution in [0.2, 0.25) is 0 Å². The molecule has 4 rings (SSSR count). The Morgan fingerprint density at radius 2 is 1.38 bits per heavy atom. The summed E-state index contributed by atoms with van der Waals surface area (Å²) in [5.74, 6) is 1.08. The fourth-order valence-corrected chi connectivity index (χ4v) is 5.30. The fraction of sp³-hybridized carbons (Fsp3) is 0.475. The van der Waals surface area contributed by atoms with E-state index in [0.717, 1.165) is 59.2 Å². The first-order valence-corrected chi connectivity index (χ1v) is 16.2. The minimum Gasteiger partial charge on any atom is -0.512 e. The number of benzene rings is 3. The molecular formula is C40H53IrN2O2-. The van der Waals surface area contributed by atoms with Crippen molar-refractivity contribution in [3.05, 3.63) is 82.9 Å². The van der Waals surface area contributed by atoms with Gasteiger partial charge in [-0.25, -0.2) is 4.98 Å². The van der Waals surface area contributed by atoms with Gasteiger partial charge in [0.15, 0.2) is 5.78 Å². The maximum absolute atomic E-state index is 12.2. The molecule has 245 valence electrons. The first-order valence-electron chi connectivity index (χ1n) is 16.2. The number of hydrogen-bond donors (Lipinski definition) is 1. The summed E-state index contributed by atoms with van der Waals surface area (Å²) in [6, 6.07) is 18.8. The van der Waals surface area contributed by atoms with Gasteiger partial charge in [-0.3, -0.25) is 9.78 Å². The average Bonchev–Trinajstić information content (AvgIpc) is 2.99. The summed E-state index contributed by atoms with van der Waals surface area (Å²) in [4.78, 5) is 21.8. The third-order valence-electron chi connectivity index (χ3n) is 9.68. The van der Waals surface area contributed by atoms with Crippen LogP contribution in [-0.4, -0.2) is 20.9 Å². The van der Waals surface area contributed by atoms with E-state index in [1.807, 2.05) is 48.5 Å². The molecule has 0 unspecified atom stereocenters. The number of ketones is 1. The van der Waals surface area contributed by atoms with Crippen molar-refractivity contribution in [3.63, 3.8) is 0 Å². The predicted octanol–water partition coefficient (Wildman–Crippen LogP) is 11.1. The van der Waals surface area contributed by atoms with Crippen LogP contribution in [0.5, 0.6) is 0 Å².